The van der Waals surface area contributed by atoms with E-state index in [4.69, 9.17) is 9.47 Å². The molecule has 1 aliphatic rings. The summed E-state index contributed by atoms with van der Waals surface area (Å²) in [6.45, 7) is 0.186. The van der Waals surface area contributed by atoms with Crippen LogP contribution in [-0.2, 0) is 4.79 Å². The van der Waals surface area contributed by atoms with Gasteiger partial charge in [0, 0.05) is 16.6 Å². The van der Waals surface area contributed by atoms with Gasteiger partial charge in [-0.2, -0.15) is 0 Å². The summed E-state index contributed by atoms with van der Waals surface area (Å²) in [6, 6.07) is 14.7. The second kappa shape index (κ2) is 6.29. The van der Waals surface area contributed by atoms with Crippen LogP contribution < -0.4 is 14.8 Å². The molecule has 0 aliphatic carbocycles. The average molecular weight is 339 g/mol. The number of nitrogens with zero attached hydrogens (tertiary/aromatic N) is 2. The standard InChI is InChI=1S/C17H13N3O3S/c21-17(16-9-22-14-3-1-2-4-15(14)23-16)18-12-7-5-11(6-8-12)13-10-24-20-19-13/h1-8,10,16H,9H2,(H,18,21)/t16-/m1/s1. The predicted octanol–water partition coefficient (Wildman–Crippen LogP) is 2.98. The Labute approximate surface area is 142 Å². The van der Waals surface area contributed by atoms with Crippen LogP contribution in [0.5, 0.6) is 11.5 Å². The third-order valence-corrected chi connectivity index (χ3v) is 4.11. The highest BCUT2D eigenvalue weighted by atomic mass is 32.1. The van der Waals surface area contributed by atoms with E-state index in [1.165, 1.54) is 11.5 Å². The molecule has 120 valence electrons. The molecule has 4 rings (SSSR count). The lowest BCUT2D eigenvalue weighted by molar-refractivity contribution is -0.125. The fourth-order valence-corrected chi connectivity index (χ4v) is 2.85. The van der Waals surface area contributed by atoms with Crippen LogP contribution in [0.4, 0.5) is 5.69 Å². The number of aromatic nitrogens is 2. The number of fused-ring (bicyclic) bond motifs is 1. The van der Waals surface area contributed by atoms with Gasteiger partial charge >= 0.3 is 0 Å². The molecule has 1 N–H and O–H groups in total. The molecule has 7 heteroatoms. The van der Waals surface area contributed by atoms with Gasteiger partial charge in [0.15, 0.2) is 11.5 Å². The molecule has 2 aromatic carbocycles. The maximum absolute atomic E-state index is 12.4. The summed E-state index contributed by atoms with van der Waals surface area (Å²) < 4.78 is 15.1. The number of ether oxygens (including phenoxy) is 2. The van der Waals surface area contributed by atoms with Gasteiger partial charge in [-0.3, -0.25) is 4.79 Å². The third kappa shape index (κ3) is 2.93. The summed E-state index contributed by atoms with van der Waals surface area (Å²) in [5.41, 5.74) is 2.46. The summed E-state index contributed by atoms with van der Waals surface area (Å²) in [6.07, 6.45) is -0.678. The van der Waals surface area contributed by atoms with Crippen LogP contribution in [0.3, 0.4) is 0 Å². The number of hydrogen-bond acceptors (Lipinski definition) is 6. The maximum Gasteiger partial charge on any atom is 0.269 e. The molecule has 0 bridgehead atoms. The SMILES string of the molecule is O=C(Nc1ccc(-c2csnn2)cc1)[C@H]1COc2ccccc2O1. The van der Waals surface area contributed by atoms with Crippen molar-refractivity contribution in [3.05, 3.63) is 53.9 Å². The number of para-hydroxylation sites is 2. The van der Waals surface area contributed by atoms with Crippen molar-refractivity contribution in [2.45, 2.75) is 6.10 Å². The Morgan fingerprint density at radius 1 is 1.12 bits per heavy atom. The molecule has 0 fully saturated rings. The van der Waals surface area contributed by atoms with Crippen molar-refractivity contribution in [3.8, 4) is 22.8 Å². The smallest absolute Gasteiger partial charge is 0.269 e. The molecule has 0 radical (unpaired) electrons. The summed E-state index contributed by atoms with van der Waals surface area (Å²) in [7, 11) is 0. The Hall–Kier alpha value is -2.93. The molecule has 2 heterocycles. The van der Waals surface area contributed by atoms with Crippen molar-refractivity contribution in [2.75, 3.05) is 11.9 Å². The third-order valence-electron chi connectivity index (χ3n) is 3.61. The fraction of sp³-hybridized carbons (Fsp3) is 0.118. The largest absolute Gasteiger partial charge is 0.485 e. The highest BCUT2D eigenvalue weighted by Crippen LogP contribution is 2.31. The first-order chi connectivity index (χ1) is 11.8. The van der Waals surface area contributed by atoms with E-state index >= 15 is 0 Å². The van der Waals surface area contributed by atoms with Gasteiger partial charge in [-0.05, 0) is 35.8 Å². The molecule has 0 unspecified atom stereocenters. The van der Waals surface area contributed by atoms with Crippen molar-refractivity contribution in [1.29, 1.82) is 0 Å². The first kappa shape index (κ1) is 14.6. The number of carbonyl (C=O) groups excluding carboxylic acids is 1. The Balaban J connectivity index is 1.43. The first-order valence-electron chi connectivity index (χ1n) is 7.36. The number of carbonyl (C=O) groups is 1. The van der Waals surface area contributed by atoms with Crippen LogP contribution in [0.1, 0.15) is 0 Å². The number of anilines is 1. The Morgan fingerprint density at radius 3 is 2.67 bits per heavy atom. The fourth-order valence-electron chi connectivity index (χ4n) is 2.39. The van der Waals surface area contributed by atoms with Crippen LogP contribution in [-0.4, -0.2) is 28.2 Å². The second-order valence-electron chi connectivity index (χ2n) is 5.22. The molecule has 6 nitrogen and oxygen atoms in total. The minimum atomic E-state index is -0.678. The van der Waals surface area contributed by atoms with Crippen molar-refractivity contribution < 1.29 is 14.3 Å². The van der Waals surface area contributed by atoms with Gasteiger partial charge in [0.1, 0.15) is 12.3 Å². The van der Waals surface area contributed by atoms with Crippen LogP contribution in [0.2, 0.25) is 0 Å². The topological polar surface area (TPSA) is 73.3 Å². The number of amides is 1. The minimum absolute atomic E-state index is 0.186. The average Bonchev–Trinajstić information content (AvgIpc) is 3.16. The Kier molecular flexibility index (Phi) is 3.84. The van der Waals surface area contributed by atoms with Crippen LogP contribution in [0.25, 0.3) is 11.3 Å². The molecule has 3 aromatic rings. The van der Waals surface area contributed by atoms with Gasteiger partial charge < -0.3 is 14.8 Å². The van der Waals surface area contributed by atoms with Crippen LogP contribution in [0.15, 0.2) is 53.9 Å². The van der Waals surface area contributed by atoms with E-state index < -0.39 is 6.10 Å². The molecular formula is C17H13N3O3S. The van der Waals surface area contributed by atoms with Crippen molar-refractivity contribution in [3.63, 3.8) is 0 Å². The lowest BCUT2D eigenvalue weighted by atomic mass is 10.1. The zero-order valence-electron chi connectivity index (χ0n) is 12.5. The van der Waals surface area contributed by atoms with Gasteiger partial charge in [-0.15, -0.1) is 5.10 Å². The number of nitrogens with one attached hydrogen (secondary N) is 1. The zero-order chi connectivity index (χ0) is 16.4. The molecule has 1 amide bonds. The normalized spacial score (nSPS) is 15.8. The summed E-state index contributed by atoms with van der Waals surface area (Å²) in [4.78, 5) is 12.4. The van der Waals surface area contributed by atoms with E-state index in [1.807, 2.05) is 47.8 Å². The van der Waals surface area contributed by atoms with E-state index in [9.17, 15) is 4.79 Å². The highest BCUT2D eigenvalue weighted by molar-refractivity contribution is 7.03. The molecule has 1 aliphatic heterocycles. The molecule has 0 saturated carbocycles. The monoisotopic (exact) mass is 339 g/mol. The van der Waals surface area contributed by atoms with E-state index in [0.29, 0.717) is 17.2 Å². The summed E-state index contributed by atoms with van der Waals surface area (Å²) >= 11 is 1.30. The van der Waals surface area contributed by atoms with Gasteiger partial charge in [0.05, 0.1) is 0 Å². The van der Waals surface area contributed by atoms with E-state index in [-0.39, 0.29) is 12.5 Å². The predicted molar refractivity (Wildman–Crippen MR) is 90.3 cm³/mol. The molecule has 0 spiro atoms. The molecule has 24 heavy (non-hydrogen) atoms. The second-order valence-corrected chi connectivity index (χ2v) is 5.83. The van der Waals surface area contributed by atoms with Gasteiger partial charge in [0.2, 0.25) is 6.10 Å². The molecular weight excluding hydrogens is 326 g/mol. The highest BCUT2D eigenvalue weighted by Gasteiger charge is 2.27. The van der Waals surface area contributed by atoms with E-state index in [1.54, 1.807) is 6.07 Å². The molecule has 1 aromatic heterocycles. The van der Waals surface area contributed by atoms with Crippen molar-refractivity contribution in [2.24, 2.45) is 0 Å². The van der Waals surface area contributed by atoms with Crippen LogP contribution >= 0.6 is 11.5 Å². The van der Waals surface area contributed by atoms with Gasteiger partial charge in [-0.25, -0.2) is 0 Å². The molecule has 1 atom stereocenters. The van der Waals surface area contributed by atoms with Gasteiger partial charge in [0.25, 0.3) is 5.91 Å². The minimum Gasteiger partial charge on any atom is -0.485 e. The lowest BCUT2D eigenvalue weighted by Crippen LogP contribution is -2.40. The number of hydrogen-bond donors (Lipinski definition) is 1. The summed E-state index contributed by atoms with van der Waals surface area (Å²) in [5.74, 6) is 0.991. The first-order valence-corrected chi connectivity index (χ1v) is 8.20. The number of rotatable bonds is 3. The maximum atomic E-state index is 12.4. The van der Waals surface area contributed by atoms with Crippen LogP contribution in [0, 0.1) is 0 Å². The van der Waals surface area contributed by atoms with Crippen molar-refractivity contribution in [1.82, 2.24) is 9.59 Å². The van der Waals surface area contributed by atoms with Crippen molar-refractivity contribution >= 4 is 23.1 Å². The lowest BCUT2D eigenvalue weighted by Gasteiger charge is -2.25. The molecule has 0 saturated heterocycles. The number of benzene rings is 2. The Bertz CT molecular complexity index is 850. The zero-order valence-corrected chi connectivity index (χ0v) is 13.3. The summed E-state index contributed by atoms with van der Waals surface area (Å²) in [5, 5.41) is 8.73. The van der Waals surface area contributed by atoms with E-state index in [0.717, 1.165) is 11.3 Å². The van der Waals surface area contributed by atoms with Gasteiger partial charge in [-0.1, -0.05) is 28.8 Å². The quantitative estimate of drug-likeness (QED) is 0.794. The Morgan fingerprint density at radius 2 is 1.92 bits per heavy atom. The van der Waals surface area contributed by atoms with E-state index in [2.05, 4.69) is 14.9 Å².